The Morgan fingerprint density at radius 1 is 0.984 bits per heavy atom. The van der Waals surface area contributed by atoms with Crippen LogP contribution in [0.2, 0.25) is 0 Å². The standard InChI is InChI=1S/C48H60N8O6S/c1-30(2)40(45(60)55-17-7-8-38(55)43(58)50-25-32-9-11-33(12-10-32)41-31(3)51-29-63-41)56-27-35-24-36(14-15-37(35)44(56)59)62-23-22-53-18-20-54(21-19-53)39-16-13-34(26-49-39)42(57)52-46-47(4,5)28-48(46,6)61/h9-16,24,26,29-30,38,40,46,61H,7-8,17-23,25,27-28H2,1-6H3,(H,50,58)(H,52,57)/t38-,40-,46+,48?/m0/s1. The maximum Gasteiger partial charge on any atom is 0.255 e. The topological polar surface area (TPSA) is 161 Å². The van der Waals surface area contributed by atoms with E-state index in [0.29, 0.717) is 56.0 Å². The first-order chi connectivity index (χ1) is 30.1. The summed E-state index contributed by atoms with van der Waals surface area (Å²) < 4.78 is 6.20. The van der Waals surface area contributed by atoms with Crippen LogP contribution in [0.25, 0.3) is 10.4 Å². The lowest BCUT2D eigenvalue weighted by atomic mass is 9.57. The monoisotopic (exact) mass is 876 g/mol. The number of thiazole rings is 1. The van der Waals surface area contributed by atoms with Crippen LogP contribution in [0, 0.1) is 18.3 Å². The van der Waals surface area contributed by atoms with E-state index in [1.807, 2.05) is 82.6 Å². The highest BCUT2D eigenvalue weighted by Gasteiger charge is 2.55. The molecule has 2 saturated heterocycles. The number of rotatable bonds is 14. The minimum atomic E-state index is -0.915. The molecule has 14 nitrogen and oxygen atoms in total. The summed E-state index contributed by atoms with van der Waals surface area (Å²) in [5.74, 6) is 0.552. The molecule has 4 aliphatic rings. The number of fused-ring (bicyclic) bond motifs is 1. The fraction of sp³-hybridized carbons (Fsp3) is 0.500. The molecule has 4 atom stereocenters. The van der Waals surface area contributed by atoms with E-state index in [4.69, 9.17) is 4.74 Å². The molecule has 2 aromatic carbocycles. The SMILES string of the molecule is Cc1ncsc1-c1ccc(CNC(=O)[C@@H]2CCCN2C(=O)[C@H](C(C)C)N2Cc3cc(OCCN4CCN(c5ccc(C(=O)N[C@@H]6C(C)(C)CC6(C)O)cn5)CC4)ccc3C2=O)cc1. The van der Waals surface area contributed by atoms with E-state index < -0.39 is 17.7 Å². The van der Waals surface area contributed by atoms with E-state index in [9.17, 15) is 24.3 Å². The lowest BCUT2D eigenvalue weighted by Crippen LogP contribution is -2.68. The van der Waals surface area contributed by atoms with Crippen molar-refractivity contribution in [2.24, 2.45) is 11.3 Å². The number of amides is 4. The number of anilines is 1. The molecule has 1 aliphatic carbocycles. The molecule has 0 radical (unpaired) electrons. The first kappa shape index (κ1) is 44.2. The number of piperazine rings is 1. The van der Waals surface area contributed by atoms with Gasteiger partial charge in [0, 0.05) is 64.1 Å². The number of aliphatic hydroxyl groups is 1. The zero-order chi connectivity index (χ0) is 44.6. The number of hydrogen-bond donors (Lipinski definition) is 3. The summed E-state index contributed by atoms with van der Waals surface area (Å²) in [5.41, 5.74) is 5.69. The van der Waals surface area contributed by atoms with Gasteiger partial charge in [-0.25, -0.2) is 9.97 Å². The molecule has 0 bridgehead atoms. The van der Waals surface area contributed by atoms with Gasteiger partial charge in [0.25, 0.3) is 11.8 Å². The first-order valence-corrected chi connectivity index (χ1v) is 23.1. The van der Waals surface area contributed by atoms with Crippen LogP contribution in [0.4, 0.5) is 5.82 Å². The molecule has 4 amide bonds. The van der Waals surface area contributed by atoms with Gasteiger partial charge in [0.1, 0.15) is 30.3 Å². The maximum atomic E-state index is 14.3. The van der Waals surface area contributed by atoms with Crippen molar-refractivity contribution < 1.29 is 29.0 Å². The highest BCUT2D eigenvalue weighted by Crippen LogP contribution is 2.48. The van der Waals surface area contributed by atoms with Crippen molar-refractivity contribution in [3.05, 3.63) is 94.3 Å². The lowest BCUT2D eigenvalue weighted by molar-refractivity contribution is -0.143. The summed E-state index contributed by atoms with van der Waals surface area (Å²) in [4.78, 5) is 72.6. The van der Waals surface area contributed by atoms with Crippen LogP contribution in [0.15, 0.2) is 66.3 Å². The second-order valence-corrected chi connectivity index (χ2v) is 19.7. The Morgan fingerprint density at radius 2 is 1.75 bits per heavy atom. The zero-order valence-electron chi connectivity index (χ0n) is 37.2. The van der Waals surface area contributed by atoms with Gasteiger partial charge in [0.15, 0.2) is 0 Å². The van der Waals surface area contributed by atoms with Crippen molar-refractivity contribution in [2.45, 2.75) is 97.6 Å². The molecular weight excluding hydrogens is 817 g/mol. The van der Waals surface area contributed by atoms with E-state index in [1.54, 1.807) is 46.4 Å². The van der Waals surface area contributed by atoms with E-state index >= 15 is 0 Å². The molecule has 2 aromatic heterocycles. The fourth-order valence-electron chi connectivity index (χ4n) is 10.1. The largest absolute Gasteiger partial charge is 0.492 e. The van der Waals surface area contributed by atoms with Crippen LogP contribution in [0.3, 0.4) is 0 Å². The number of carbonyl (C=O) groups excluding carboxylic acids is 4. The Bertz CT molecular complexity index is 2310. The van der Waals surface area contributed by atoms with Gasteiger partial charge in [0.05, 0.1) is 33.3 Å². The second kappa shape index (κ2) is 18.0. The molecule has 3 aliphatic heterocycles. The van der Waals surface area contributed by atoms with Crippen molar-refractivity contribution in [1.29, 1.82) is 0 Å². The summed E-state index contributed by atoms with van der Waals surface area (Å²) in [7, 11) is 0. The first-order valence-electron chi connectivity index (χ1n) is 22.2. The van der Waals surface area contributed by atoms with Gasteiger partial charge >= 0.3 is 0 Å². The van der Waals surface area contributed by atoms with Crippen molar-refractivity contribution in [3.63, 3.8) is 0 Å². The summed E-state index contributed by atoms with van der Waals surface area (Å²) >= 11 is 1.60. The number of carbonyl (C=O) groups is 4. The van der Waals surface area contributed by atoms with Crippen molar-refractivity contribution in [2.75, 3.05) is 50.8 Å². The van der Waals surface area contributed by atoms with Gasteiger partial charge in [-0.05, 0) is 91.5 Å². The molecule has 1 saturated carbocycles. The number of benzene rings is 2. The van der Waals surface area contributed by atoms with Crippen molar-refractivity contribution in [3.8, 4) is 16.2 Å². The molecule has 3 fully saturated rings. The Balaban J connectivity index is 0.798. The molecule has 5 heterocycles. The Labute approximate surface area is 374 Å². The number of ether oxygens (including phenoxy) is 1. The predicted molar refractivity (Wildman–Crippen MR) is 242 cm³/mol. The molecule has 15 heteroatoms. The number of aromatic nitrogens is 2. The summed E-state index contributed by atoms with van der Waals surface area (Å²) in [6, 6.07) is 15.7. The number of likely N-dealkylation sites (tertiary alicyclic amines) is 1. The van der Waals surface area contributed by atoms with E-state index in [1.165, 1.54) is 0 Å². The van der Waals surface area contributed by atoms with Crippen LogP contribution in [-0.2, 0) is 22.7 Å². The van der Waals surface area contributed by atoms with Crippen LogP contribution in [0.1, 0.15) is 91.4 Å². The molecule has 334 valence electrons. The fourth-order valence-corrected chi connectivity index (χ4v) is 11.0. The molecule has 8 rings (SSSR count). The van der Waals surface area contributed by atoms with Gasteiger partial charge in [-0.2, -0.15) is 0 Å². The Kier molecular flexibility index (Phi) is 12.6. The zero-order valence-corrected chi connectivity index (χ0v) is 38.0. The third kappa shape index (κ3) is 9.32. The average Bonchev–Trinajstić information content (AvgIpc) is 4.01. The van der Waals surface area contributed by atoms with E-state index in [0.717, 1.165) is 72.2 Å². The van der Waals surface area contributed by atoms with Gasteiger partial charge < -0.3 is 35.2 Å². The van der Waals surface area contributed by atoms with E-state index in [2.05, 4.69) is 30.4 Å². The van der Waals surface area contributed by atoms with Gasteiger partial charge in [-0.1, -0.05) is 52.0 Å². The Morgan fingerprint density at radius 3 is 2.40 bits per heavy atom. The number of hydrogen-bond acceptors (Lipinski definition) is 11. The third-order valence-corrected chi connectivity index (χ3v) is 14.2. The van der Waals surface area contributed by atoms with Crippen LogP contribution in [0.5, 0.6) is 5.75 Å². The van der Waals surface area contributed by atoms with Gasteiger partial charge in [-0.15, -0.1) is 11.3 Å². The van der Waals surface area contributed by atoms with E-state index in [-0.39, 0.29) is 41.0 Å². The maximum absolute atomic E-state index is 14.3. The number of nitrogens with zero attached hydrogens (tertiary/aromatic N) is 6. The third-order valence-electron chi connectivity index (χ3n) is 13.3. The van der Waals surface area contributed by atoms with Crippen LogP contribution < -0.4 is 20.3 Å². The second-order valence-electron chi connectivity index (χ2n) is 18.8. The summed E-state index contributed by atoms with van der Waals surface area (Å²) in [6.45, 7) is 17.3. The molecule has 3 N–H and O–H groups in total. The quantitative estimate of drug-likeness (QED) is 0.152. The molecular formula is C48H60N8O6S. The van der Waals surface area contributed by atoms with Crippen LogP contribution >= 0.6 is 11.3 Å². The van der Waals surface area contributed by atoms with Gasteiger partial charge in [-0.3, -0.25) is 24.1 Å². The normalized spacial score (nSPS) is 22.5. The number of pyridine rings is 1. The predicted octanol–water partition coefficient (Wildman–Crippen LogP) is 5.28. The summed E-state index contributed by atoms with van der Waals surface area (Å²) in [5, 5.41) is 16.6. The molecule has 1 unspecified atom stereocenters. The highest BCUT2D eigenvalue weighted by molar-refractivity contribution is 7.13. The summed E-state index contributed by atoms with van der Waals surface area (Å²) in [6.07, 6.45) is 3.54. The number of aryl methyl sites for hydroxylation is 1. The Hall–Kier alpha value is -5.38. The average molecular weight is 877 g/mol. The molecule has 4 aromatic rings. The minimum Gasteiger partial charge on any atom is -0.492 e. The molecule has 63 heavy (non-hydrogen) atoms. The van der Waals surface area contributed by atoms with Crippen LogP contribution in [-0.4, -0.2) is 123 Å². The van der Waals surface area contributed by atoms with Crippen molar-refractivity contribution in [1.82, 2.24) is 35.3 Å². The van der Waals surface area contributed by atoms with Gasteiger partial charge in [0.2, 0.25) is 11.8 Å². The smallest absolute Gasteiger partial charge is 0.255 e. The number of nitrogens with one attached hydrogen (secondary N) is 2. The minimum absolute atomic E-state index is 0.164. The molecule has 0 spiro atoms. The highest BCUT2D eigenvalue weighted by atomic mass is 32.1. The lowest BCUT2D eigenvalue weighted by Gasteiger charge is -2.56. The van der Waals surface area contributed by atoms with Crippen molar-refractivity contribution >= 4 is 40.8 Å².